The minimum atomic E-state index is 0.00926. The minimum Gasteiger partial charge on any atom is -0.482 e. The van der Waals surface area contributed by atoms with Gasteiger partial charge in [-0.2, -0.15) is 0 Å². The molecule has 1 rings (SSSR count). The van der Waals surface area contributed by atoms with E-state index in [-0.39, 0.29) is 5.91 Å². The first-order valence-electron chi connectivity index (χ1n) is 5.74. The monoisotopic (exact) mass is 299 g/mol. The number of hydrogen-bond acceptors (Lipinski definition) is 2. The molecule has 0 radical (unpaired) electrons. The summed E-state index contributed by atoms with van der Waals surface area (Å²) in [5.74, 6) is 0.632. The molecule has 0 unspecified atom stereocenters. The van der Waals surface area contributed by atoms with Gasteiger partial charge in [-0.3, -0.25) is 4.79 Å². The van der Waals surface area contributed by atoms with Crippen LogP contribution in [-0.2, 0) is 0 Å². The van der Waals surface area contributed by atoms with Gasteiger partial charge in [-0.05, 0) is 34.5 Å². The Labute approximate surface area is 111 Å². The van der Waals surface area contributed by atoms with E-state index in [0.29, 0.717) is 16.8 Å². The fourth-order valence-corrected chi connectivity index (χ4v) is 1.78. The highest BCUT2D eigenvalue weighted by molar-refractivity contribution is 9.09. The lowest BCUT2D eigenvalue weighted by molar-refractivity contribution is 0.0790. The van der Waals surface area contributed by atoms with Crippen LogP contribution in [0.1, 0.15) is 30.1 Å². The van der Waals surface area contributed by atoms with E-state index in [1.807, 2.05) is 25.2 Å². The average Bonchev–Trinajstić information content (AvgIpc) is 2.36. The zero-order valence-corrected chi connectivity index (χ0v) is 11.9. The third-order valence-corrected chi connectivity index (χ3v) is 2.75. The molecule has 0 fully saturated rings. The summed E-state index contributed by atoms with van der Waals surface area (Å²) in [4.78, 5) is 13.9. The maximum absolute atomic E-state index is 12.2. The summed E-state index contributed by atoms with van der Waals surface area (Å²) in [5.41, 5.74) is 1.00. The molecule has 3 nitrogen and oxygen atoms in total. The fourth-order valence-electron chi connectivity index (χ4n) is 1.53. The van der Waals surface area contributed by atoms with E-state index in [1.165, 1.54) is 0 Å². The molecule has 17 heavy (non-hydrogen) atoms. The number of carbonyl (C=O) groups is 1. The second kappa shape index (κ2) is 7.33. The molecule has 0 spiro atoms. The van der Waals surface area contributed by atoms with Gasteiger partial charge in [-0.15, -0.1) is 0 Å². The Balaban J connectivity index is 2.80. The Kier molecular flexibility index (Phi) is 6.05. The summed E-state index contributed by atoms with van der Waals surface area (Å²) < 4.78 is 5.38. The molecular weight excluding hydrogens is 282 g/mol. The van der Waals surface area contributed by atoms with E-state index >= 15 is 0 Å². The highest BCUT2D eigenvalue weighted by Gasteiger charge is 2.15. The van der Waals surface area contributed by atoms with Crippen LogP contribution in [0, 0.1) is 0 Å². The standard InChI is InChI=1S/C13H18BrNO2/c1-3-4-9-15(2)13(16)11-7-5-6-8-12(11)17-10-14/h5-8H,3-4,9-10H2,1-2H3. The Hall–Kier alpha value is -1.03. The zero-order valence-electron chi connectivity index (χ0n) is 10.3. The van der Waals surface area contributed by atoms with Gasteiger partial charge in [0.15, 0.2) is 0 Å². The summed E-state index contributed by atoms with van der Waals surface area (Å²) in [6, 6.07) is 7.31. The molecule has 0 aliphatic carbocycles. The lowest BCUT2D eigenvalue weighted by atomic mass is 10.1. The predicted octanol–water partition coefficient (Wildman–Crippen LogP) is 3.29. The average molecular weight is 300 g/mol. The SMILES string of the molecule is CCCCN(C)C(=O)c1ccccc1OCBr. The van der Waals surface area contributed by atoms with Crippen LogP contribution in [0.5, 0.6) is 5.75 Å². The van der Waals surface area contributed by atoms with Crippen molar-refractivity contribution >= 4 is 21.8 Å². The smallest absolute Gasteiger partial charge is 0.257 e. The van der Waals surface area contributed by atoms with Crippen LogP contribution in [0.15, 0.2) is 24.3 Å². The number of rotatable bonds is 6. The zero-order chi connectivity index (χ0) is 12.7. The number of ether oxygens (including phenoxy) is 1. The molecule has 0 aliphatic heterocycles. The first-order valence-corrected chi connectivity index (χ1v) is 6.86. The normalized spacial score (nSPS) is 10.1. The fraction of sp³-hybridized carbons (Fsp3) is 0.462. The van der Waals surface area contributed by atoms with Crippen molar-refractivity contribution in [2.75, 3.05) is 19.1 Å². The molecule has 0 aromatic heterocycles. The molecule has 0 aliphatic rings. The van der Waals surface area contributed by atoms with Crippen molar-refractivity contribution < 1.29 is 9.53 Å². The molecule has 0 N–H and O–H groups in total. The number of alkyl halides is 1. The molecule has 0 bridgehead atoms. The molecule has 1 aromatic carbocycles. The van der Waals surface area contributed by atoms with Gasteiger partial charge in [0, 0.05) is 13.6 Å². The second-order valence-corrected chi connectivity index (χ2v) is 4.29. The van der Waals surface area contributed by atoms with Crippen LogP contribution < -0.4 is 4.74 Å². The molecule has 1 amide bonds. The number of benzene rings is 1. The lowest BCUT2D eigenvalue weighted by Crippen LogP contribution is -2.28. The molecule has 1 aromatic rings. The molecule has 0 saturated heterocycles. The van der Waals surface area contributed by atoms with Gasteiger partial charge in [0.2, 0.25) is 0 Å². The first-order chi connectivity index (χ1) is 8.20. The summed E-state index contributed by atoms with van der Waals surface area (Å²) >= 11 is 3.20. The van der Waals surface area contributed by atoms with Gasteiger partial charge in [0.05, 0.1) is 5.56 Å². The molecule has 0 heterocycles. The van der Waals surface area contributed by atoms with E-state index in [9.17, 15) is 4.79 Å². The number of halogens is 1. The number of amides is 1. The molecule has 0 saturated carbocycles. The number of carbonyl (C=O) groups excluding carboxylic acids is 1. The van der Waals surface area contributed by atoms with Crippen molar-refractivity contribution in [2.45, 2.75) is 19.8 Å². The lowest BCUT2D eigenvalue weighted by Gasteiger charge is -2.18. The van der Waals surface area contributed by atoms with E-state index in [4.69, 9.17) is 4.74 Å². The molecule has 0 atom stereocenters. The quantitative estimate of drug-likeness (QED) is 0.755. The Morgan fingerprint density at radius 2 is 2.12 bits per heavy atom. The van der Waals surface area contributed by atoms with Crippen LogP contribution in [0.4, 0.5) is 0 Å². The van der Waals surface area contributed by atoms with Crippen molar-refractivity contribution in [3.05, 3.63) is 29.8 Å². The van der Waals surface area contributed by atoms with Crippen molar-refractivity contribution in [2.24, 2.45) is 0 Å². The van der Waals surface area contributed by atoms with Gasteiger partial charge >= 0.3 is 0 Å². The van der Waals surface area contributed by atoms with E-state index < -0.39 is 0 Å². The van der Waals surface area contributed by atoms with Crippen LogP contribution in [0.25, 0.3) is 0 Å². The van der Waals surface area contributed by atoms with Gasteiger partial charge < -0.3 is 9.64 Å². The number of nitrogens with zero attached hydrogens (tertiary/aromatic N) is 1. The Morgan fingerprint density at radius 3 is 2.76 bits per heavy atom. The summed E-state index contributed by atoms with van der Waals surface area (Å²) in [6.45, 7) is 2.89. The third-order valence-electron chi connectivity index (χ3n) is 2.52. The number of unbranched alkanes of at least 4 members (excludes halogenated alkanes) is 1. The van der Waals surface area contributed by atoms with Crippen LogP contribution in [0.3, 0.4) is 0 Å². The number of hydrogen-bond donors (Lipinski definition) is 0. The summed E-state index contributed by atoms with van der Waals surface area (Å²) in [6.07, 6.45) is 2.10. The molecule has 94 valence electrons. The predicted molar refractivity (Wildman–Crippen MR) is 72.7 cm³/mol. The summed E-state index contributed by atoms with van der Waals surface area (Å²) in [5, 5.41) is 0. The van der Waals surface area contributed by atoms with Crippen molar-refractivity contribution in [3.8, 4) is 5.75 Å². The third kappa shape index (κ3) is 4.04. The number of para-hydroxylation sites is 1. The van der Waals surface area contributed by atoms with Gasteiger partial charge in [0.25, 0.3) is 5.91 Å². The van der Waals surface area contributed by atoms with E-state index in [1.54, 1.807) is 11.0 Å². The Morgan fingerprint density at radius 1 is 1.41 bits per heavy atom. The van der Waals surface area contributed by atoms with Gasteiger partial charge in [0.1, 0.15) is 11.3 Å². The minimum absolute atomic E-state index is 0.00926. The summed E-state index contributed by atoms with van der Waals surface area (Å²) in [7, 11) is 1.82. The van der Waals surface area contributed by atoms with Gasteiger partial charge in [-0.1, -0.05) is 25.5 Å². The van der Waals surface area contributed by atoms with Crippen molar-refractivity contribution in [1.29, 1.82) is 0 Å². The Bertz CT molecular complexity index is 368. The molecule has 4 heteroatoms. The highest BCUT2D eigenvalue weighted by Crippen LogP contribution is 2.20. The highest BCUT2D eigenvalue weighted by atomic mass is 79.9. The van der Waals surface area contributed by atoms with Crippen molar-refractivity contribution in [1.82, 2.24) is 4.90 Å². The largest absolute Gasteiger partial charge is 0.482 e. The van der Waals surface area contributed by atoms with E-state index in [0.717, 1.165) is 19.4 Å². The maximum atomic E-state index is 12.2. The first kappa shape index (κ1) is 14.0. The maximum Gasteiger partial charge on any atom is 0.257 e. The second-order valence-electron chi connectivity index (χ2n) is 3.83. The van der Waals surface area contributed by atoms with Crippen molar-refractivity contribution in [3.63, 3.8) is 0 Å². The van der Waals surface area contributed by atoms with Crippen LogP contribution in [-0.4, -0.2) is 29.9 Å². The van der Waals surface area contributed by atoms with Crippen LogP contribution in [0.2, 0.25) is 0 Å². The molecular formula is C13H18BrNO2. The topological polar surface area (TPSA) is 29.5 Å². The van der Waals surface area contributed by atoms with Crippen LogP contribution >= 0.6 is 15.9 Å². The van der Waals surface area contributed by atoms with E-state index in [2.05, 4.69) is 22.9 Å². The van der Waals surface area contributed by atoms with Gasteiger partial charge in [-0.25, -0.2) is 0 Å².